The molecule has 0 bridgehead atoms. The van der Waals surface area contributed by atoms with Gasteiger partial charge >= 0.3 is 0 Å². The van der Waals surface area contributed by atoms with Crippen molar-refractivity contribution in [3.05, 3.63) is 17.6 Å². The lowest BCUT2D eigenvalue weighted by molar-refractivity contribution is 0.296. The molecule has 14 heavy (non-hydrogen) atoms. The van der Waals surface area contributed by atoms with Gasteiger partial charge in [-0.05, 0) is 12.2 Å². The molecule has 74 valence electrons. The van der Waals surface area contributed by atoms with Crippen LogP contribution in [0.25, 0.3) is 0 Å². The Kier molecular flexibility index (Phi) is 2.55. The first-order valence-corrected chi connectivity index (χ1v) is 4.71. The van der Waals surface area contributed by atoms with Crippen LogP contribution in [-0.4, -0.2) is 26.8 Å². The van der Waals surface area contributed by atoms with E-state index in [1.54, 1.807) is 6.20 Å². The predicted molar refractivity (Wildman–Crippen MR) is 55.9 cm³/mol. The van der Waals surface area contributed by atoms with Gasteiger partial charge in [-0.3, -0.25) is 0 Å². The lowest BCUT2D eigenvalue weighted by Crippen LogP contribution is -2.34. The van der Waals surface area contributed by atoms with E-state index < -0.39 is 0 Å². The van der Waals surface area contributed by atoms with Crippen molar-refractivity contribution in [2.45, 2.75) is 13.0 Å². The Labute approximate surface area is 86.6 Å². The molecular weight excluding hydrogens is 200 g/mol. The molecular formula is C8H10N4OS. The standard InChI is InChI=1S/C8H10N4OS/c13-2-1-6-9-3-5-4-10-8(14)12-7(5)11-6/h3,13H,1-2,4H2,(H2,9,10,11,12,14). The second-order valence-corrected chi connectivity index (χ2v) is 3.35. The Morgan fingerprint density at radius 3 is 3.21 bits per heavy atom. The summed E-state index contributed by atoms with van der Waals surface area (Å²) < 4.78 is 0. The van der Waals surface area contributed by atoms with Gasteiger partial charge in [0.2, 0.25) is 0 Å². The first-order chi connectivity index (χ1) is 6.79. The average Bonchev–Trinajstić information content (AvgIpc) is 2.17. The van der Waals surface area contributed by atoms with Crippen LogP contribution in [0.15, 0.2) is 6.20 Å². The summed E-state index contributed by atoms with van der Waals surface area (Å²) in [4.78, 5) is 8.36. The highest BCUT2D eigenvalue weighted by atomic mass is 32.1. The molecule has 6 heteroatoms. The Balaban J connectivity index is 2.28. The molecule has 2 heterocycles. The van der Waals surface area contributed by atoms with Crippen LogP contribution in [0.3, 0.4) is 0 Å². The number of hydrogen-bond donors (Lipinski definition) is 3. The van der Waals surface area contributed by atoms with E-state index in [-0.39, 0.29) is 6.61 Å². The van der Waals surface area contributed by atoms with Gasteiger partial charge in [0.1, 0.15) is 11.6 Å². The van der Waals surface area contributed by atoms with Crippen molar-refractivity contribution in [1.29, 1.82) is 0 Å². The summed E-state index contributed by atoms with van der Waals surface area (Å²) >= 11 is 4.96. The smallest absolute Gasteiger partial charge is 0.172 e. The van der Waals surface area contributed by atoms with E-state index in [0.29, 0.717) is 23.9 Å². The van der Waals surface area contributed by atoms with Crippen molar-refractivity contribution in [3.8, 4) is 0 Å². The van der Waals surface area contributed by atoms with E-state index in [9.17, 15) is 0 Å². The molecule has 1 aromatic heterocycles. The summed E-state index contributed by atoms with van der Waals surface area (Å²) in [5.74, 6) is 1.37. The SMILES string of the molecule is OCCc1ncc2c(n1)NC(=S)NC2. The Morgan fingerprint density at radius 2 is 2.43 bits per heavy atom. The van der Waals surface area contributed by atoms with Crippen LogP contribution in [0.1, 0.15) is 11.4 Å². The van der Waals surface area contributed by atoms with Crippen molar-refractivity contribution in [2.75, 3.05) is 11.9 Å². The van der Waals surface area contributed by atoms with Crippen LogP contribution < -0.4 is 10.6 Å². The molecule has 1 aliphatic rings. The molecule has 0 saturated carbocycles. The normalized spacial score (nSPS) is 14.2. The summed E-state index contributed by atoms with van der Waals surface area (Å²) in [6.45, 7) is 0.710. The fourth-order valence-electron chi connectivity index (χ4n) is 1.23. The number of aromatic nitrogens is 2. The molecule has 0 amide bonds. The van der Waals surface area contributed by atoms with Crippen LogP contribution in [0.4, 0.5) is 5.82 Å². The fraction of sp³-hybridized carbons (Fsp3) is 0.375. The van der Waals surface area contributed by atoms with E-state index >= 15 is 0 Å². The maximum atomic E-state index is 8.74. The third kappa shape index (κ3) is 1.80. The zero-order valence-corrected chi connectivity index (χ0v) is 8.27. The Bertz CT molecular complexity index is 368. The van der Waals surface area contributed by atoms with Crippen molar-refractivity contribution in [2.24, 2.45) is 0 Å². The average molecular weight is 210 g/mol. The summed E-state index contributed by atoms with van der Waals surface area (Å²) in [5, 5.41) is 15.2. The van der Waals surface area contributed by atoms with Crippen LogP contribution in [0, 0.1) is 0 Å². The molecule has 0 aliphatic carbocycles. The number of aliphatic hydroxyl groups is 1. The lowest BCUT2D eigenvalue weighted by atomic mass is 10.2. The van der Waals surface area contributed by atoms with Crippen molar-refractivity contribution in [1.82, 2.24) is 15.3 Å². The summed E-state index contributed by atoms with van der Waals surface area (Å²) in [5.41, 5.74) is 0.986. The molecule has 1 aromatic rings. The number of fused-ring (bicyclic) bond motifs is 1. The first kappa shape index (κ1) is 9.29. The molecule has 1 aliphatic heterocycles. The van der Waals surface area contributed by atoms with E-state index in [4.69, 9.17) is 17.3 Å². The highest BCUT2D eigenvalue weighted by Crippen LogP contribution is 2.14. The fourth-order valence-corrected chi connectivity index (χ4v) is 1.40. The highest BCUT2D eigenvalue weighted by molar-refractivity contribution is 7.80. The van der Waals surface area contributed by atoms with Gasteiger partial charge < -0.3 is 15.7 Å². The number of anilines is 1. The zero-order valence-electron chi connectivity index (χ0n) is 7.45. The van der Waals surface area contributed by atoms with Crippen molar-refractivity contribution < 1.29 is 5.11 Å². The van der Waals surface area contributed by atoms with Gasteiger partial charge in [0.15, 0.2) is 5.11 Å². The Hall–Kier alpha value is -1.27. The summed E-state index contributed by atoms with van der Waals surface area (Å²) in [7, 11) is 0. The van der Waals surface area contributed by atoms with E-state index in [1.807, 2.05) is 0 Å². The number of hydrogen-bond acceptors (Lipinski definition) is 4. The van der Waals surface area contributed by atoms with E-state index in [0.717, 1.165) is 11.4 Å². The molecule has 0 unspecified atom stereocenters. The van der Waals surface area contributed by atoms with E-state index in [1.165, 1.54) is 0 Å². The van der Waals surface area contributed by atoms with Gasteiger partial charge in [0.05, 0.1) is 6.61 Å². The first-order valence-electron chi connectivity index (χ1n) is 4.30. The second-order valence-electron chi connectivity index (χ2n) is 2.94. The predicted octanol–water partition coefficient (Wildman–Crippen LogP) is -0.189. The van der Waals surface area contributed by atoms with Crippen LogP contribution in [0.5, 0.6) is 0 Å². The third-order valence-electron chi connectivity index (χ3n) is 1.92. The summed E-state index contributed by atoms with van der Waals surface area (Å²) in [6.07, 6.45) is 2.21. The van der Waals surface area contributed by atoms with Crippen LogP contribution in [-0.2, 0) is 13.0 Å². The monoisotopic (exact) mass is 210 g/mol. The van der Waals surface area contributed by atoms with Gasteiger partial charge in [0.25, 0.3) is 0 Å². The Morgan fingerprint density at radius 1 is 1.57 bits per heavy atom. The molecule has 0 aromatic carbocycles. The minimum absolute atomic E-state index is 0.0570. The highest BCUT2D eigenvalue weighted by Gasteiger charge is 2.13. The number of thiocarbonyl (C=S) groups is 1. The molecule has 3 N–H and O–H groups in total. The molecule has 0 fully saturated rings. The number of nitrogens with zero attached hydrogens (tertiary/aromatic N) is 2. The summed E-state index contributed by atoms with van der Waals surface area (Å²) in [6, 6.07) is 0. The minimum Gasteiger partial charge on any atom is -0.396 e. The zero-order chi connectivity index (χ0) is 9.97. The number of aliphatic hydroxyl groups excluding tert-OH is 1. The van der Waals surface area contributed by atoms with Gasteiger partial charge in [-0.25, -0.2) is 9.97 Å². The lowest BCUT2D eigenvalue weighted by Gasteiger charge is -2.19. The van der Waals surface area contributed by atoms with Gasteiger partial charge in [-0.1, -0.05) is 0 Å². The number of nitrogens with one attached hydrogen (secondary N) is 2. The van der Waals surface area contributed by atoms with Crippen LogP contribution >= 0.6 is 12.2 Å². The van der Waals surface area contributed by atoms with E-state index in [2.05, 4.69) is 20.6 Å². The van der Waals surface area contributed by atoms with Crippen molar-refractivity contribution in [3.63, 3.8) is 0 Å². The maximum Gasteiger partial charge on any atom is 0.172 e. The van der Waals surface area contributed by atoms with Gasteiger partial charge in [0, 0.05) is 24.7 Å². The molecule has 0 spiro atoms. The molecule has 2 rings (SSSR count). The second kappa shape index (κ2) is 3.85. The molecule has 0 radical (unpaired) electrons. The maximum absolute atomic E-state index is 8.74. The molecule has 0 atom stereocenters. The minimum atomic E-state index is 0.0570. The van der Waals surface area contributed by atoms with Crippen molar-refractivity contribution >= 4 is 23.1 Å². The van der Waals surface area contributed by atoms with Gasteiger partial charge in [-0.15, -0.1) is 0 Å². The third-order valence-corrected chi connectivity index (χ3v) is 2.17. The molecule has 5 nitrogen and oxygen atoms in total. The largest absolute Gasteiger partial charge is 0.396 e. The topological polar surface area (TPSA) is 70.1 Å². The molecule has 0 saturated heterocycles. The van der Waals surface area contributed by atoms with Gasteiger partial charge in [-0.2, -0.15) is 0 Å². The quantitative estimate of drug-likeness (QED) is 0.588. The number of rotatable bonds is 2. The van der Waals surface area contributed by atoms with Crippen LogP contribution in [0.2, 0.25) is 0 Å².